The third-order valence-electron chi connectivity index (χ3n) is 3.81. The van der Waals surface area contributed by atoms with Gasteiger partial charge in [-0.3, -0.25) is 4.79 Å². The Morgan fingerprint density at radius 1 is 1.27 bits per heavy atom. The zero-order valence-corrected chi connectivity index (χ0v) is 13.2. The van der Waals surface area contributed by atoms with Crippen LogP contribution in [0.5, 0.6) is 5.75 Å². The lowest BCUT2D eigenvalue weighted by molar-refractivity contribution is 0.0178. The Labute approximate surface area is 137 Å². The van der Waals surface area contributed by atoms with Crippen LogP contribution in [0.1, 0.15) is 10.4 Å². The van der Waals surface area contributed by atoms with Crippen LogP contribution in [0.2, 0.25) is 10.0 Å². The number of fused-ring (bicyclic) bond motifs is 1. The quantitative estimate of drug-likeness (QED) is 0.860. The molecular formula is C14H15Cl2NO5. The summed E-state index contributed by atoms with van der Waals surface area (Å²) < 4.78 is 16.0. The first-order valence-corrected chi connectivity index (χ1v) is 7.52. The van der Waals surface area contributed by atoms with E-state index in [1.54, 1.807) is 0 Å². The second kappa shape index (κ2) is 6.22. The summed E-state index contributed by atoms with van der Waals surface area (Å²) in [6.45, 7) is 0.498. The number of methoxy groups -OCH3 is 1. The highest BCUT2D eigenvalue weighted by Crippen LogP contribution is 2.34. The fourth-order valence-electron chi connectivity index (χ4n) is 2.74. The first kappa shape index (κ1) is 15.8. The third-order valence-corrected chi connectivity index (χ3v) is 4.37. The van der Waals surface area contributed by atoms with Crippen molar-refractivity contribution < 1.29 is 24.1 Å². The molecule has 0 unspecified atom stereocenters. The molecule has 8 heteroatoms. The molecule has 0 saturated carbocycles. The van der Waals surface area contributed by atoms with Gasteiger partial charge in [-0.15, -0.1) is 0 Å². The molecule has 2 N–H and O–H groups in total. The highest BCUT2D eigenvalue weighted by molar-refractivity contribution is 6.37. The van der Waals surface area contributed by atoms with Crippen LogP contribution in [0.15, 0.2) is 12.1 Å². The summed E-state index contributed by atoms with van der Waals surface area (Å²) in [5, 5.41) is 13.0. The molecule has 6 nitrogen and oxygen atoms in total. The molecule has 1 aromatic rings. The van der Waals surface area contributed by atoms with Crippen molar-refractivity contribution in [2.75, 3.05) is 20.3 Å². The maximum Gasteiger partial charge on any atom is 0.251 e. The van der Waals surface area contributed by atoms with E-state index in [-0.39, 0.29) is 41.3 Å². The number of carbonyl (C=O) groups excluding carboxylic acids is 1. The summed E-state index contributed by atoms with van der Waals surface area (Å²) in [5.74, 6) is -0.0166. The molecule has 2 fully saturated rings. The van der Waals surface area contributed by atoms with Crippen molar-refractivity contribution in [3.8, 4) is 5.75 Å². The largest absolute Gasteiger partial charge is 0.494 e. The fraction of sp³-hybridized carbons (Fsp3) is 0.500. The normalized spacial score (nSPS) is 30.2. The number of ether oxygens (including phenoxy) is 3. The first-order chi connectivity index (χ1) is 10.5. The predicted octanol–water partition coefficient (Wildman–Crippen LogP) is 1.26. The van der Waals surface area contributed by atoms with Gasteiger partial charge in [-0.1, -0.05) is 23.2 Å². The smallest absolute Gasteiger partial charge is 0.251 e. The zero-order valence-electron chi connectivity index (χ0n) is 11.7. The van der Waals surface area contributed by atoms with Crippen LogP contribution in [-0.4, -0.2) is 55.7 Å². The number of hydrogen-bond acceptors (Lipinski definition) is 5. The zero-order chi connectivity index (χ0) is 15.9. The van der Waals surface area contributed by atoms with Gasteiger partial charge in [0.2, 0.25) is 0 Å². The van der Waals surface area contributed by atoms with E-state index in [1.807, 2.05) is 0 Å². The number of amides is 1. The first-order valence-electron chi connectivity index (χ1n) is 6.76. The summed E-state index contributed by atoms with van der Waals surface area (Å²) in [6.07, 6.45) is -1.40. The van der Waals surface area contributed by atoms with Gasteiger partial charge < -0.3 is 24.6 Å². The van der Waals surface area contributed by atoms with Gasteiger partial charge in [-0.05, 0) is 12.1 Å². The minimum Gasteiger partial charge on any atom is -0.494 e. The van der Waals surface area contributed by atoms with Gasteiger partial charge in [0.1, 0.15) is 18.3 Å². The van der Waals surface area contributed by atoms with Crippen LogP contribution < -0.4 is 10.1 Å². The molecule has 2 heterocycles. The van der Waals surface area contributed by atoms with Gasteiger partial charge >= 0.3 is 0 Å². The number of carbonyl (C=O) groups is 1. The summed E-state index contributed by atoms with van der Waals surface area (Å²) in [7, 11) is 1.45. The minimum absolute atomic E-state index is 0.210. The highest BCUT2D eigenvalue weighted by Gasteiger charge is 2.47. The number of nitrogens with one attached hydrogen (secondary N) is 1. The van der Waals surface area contributed by atoms with Gasteiger partial charge in [0.25, 0.3) is 5.91 Å². The van der Waals surface area contributed by atoms with E-state index >= 15 is 0 Å². The molecule has 1 aromatic carbocycles. The topological polar surface area (TPSA) is 77.0 Å². The van der Waals surface area contributed by atoms with Gasteiger partial charge in [-0.25, -0.2) is 0 Å². The Morgan fingerprint density at radius 2 is 1.91 bits per heavy atom. The van der Waals surface area contributed by atoms with Gasteiger partial charge in [0.15, 0.2) is 5.75 Å². The van der Waals surface area contributed by atoms with Crippen molar-refractivity contribution in [1.82, 2.24) is 5.32 Å². The number of aliphatic hydroxyl groups excluding tert-OH is 1. The molecule has 4 atom stereocenters. The van der Waals surface area contributed by atoms with Crippen molar-refractivity contribution in [3.05, 3.63) is 27.7 Å². The highest BCUT2D eigenvalue weighted by atomic mass is 35.5. The van der Waals surface area contributed by atoms with E-state index < -0.39 is 12.2 Å². The Balaban J connectivity index is 1.73. The standard InChI is InChI=1S/C14H15Cl2NO5/c1-20-11-7(15)2-6(3-8(11)16)14(19)17-9-4-21-13-10(18)5-22-12(9)13/h2-3,9-10,12-13,18H,4-5H2,1H3,(H,17,19)/t9-,10+,12+,13+/m0/s1. The monoisotopic (exact) mass is 347 g/mol. The van der Waals surface area contributed by atoms with Crippen molar-refractivity contribution in [2.45, 2.75) is 24.4 Å². The summed E-state index contributed by atoms with van der Waals surface area (Å²) in [6, 6.07) is 2.65. The average Bonchev–Trinajstić information content (AvgIpc) is 3.03. The lowest BCUT2D eigenvalue weighted by Crippen LogP contribution is -2.44. The Hall–Kier alpha value is -1.05. The molecular weight excluding hydrogens is 333 g/mol. The van der Waals surface area contributed by atoms with E-state index in [9.17, 15) is 9.90 Å². The van der Waals surface area contributed by atoms with Gasteiger partial charge in [0, 0.05) is 5.56 Å². The number of aliphatic hydroxyl groups is 1. The maximum atomic E-state index is 12.3. The molecule has 3 rings (SSSR count). The van der Waals surface area contributed by atoms with Gasteiger partial charge in [0.05, 0.1) is 36.4 Å². The van der Waals surface area contributed by atoms with Crippen LogP contribution in [0, 0.1) is 0 Å². The molecule has 0 spiro atoms. The maximum absolute atomic E-state index is 12.3. The SMILES string of the molecule is COc1c(Cl)cc(C(=O)N[C@H]2CO[C@H]3[C@@H]2OC[C@H]3O)cc1Cl. The summed E-state index contributed by atoms with van der Waals surface area (Å²) in [5.41, 5.74) is 0.317. The Morgan fingerprint density at radius 3 is 2.55 bits per heavy atom. The third kappa shape index (κ3) is 2.77. The molecule has 1 amide bonds. The van der Waals surface area contributed by atoms with E-state index in [1.165, 1.54) is 19.2 Å². The predicted molar refractivity (Wildman–Crippen MR) is 79.8 cm³/mol. The lowest BCUT2D eigenvalue weighted by Gasteiger charge is -2.18. The average molecular weight is 348 g/mol. The second-order valence-electron chi connectivity index (χ2n) is 5.22. The summed E-state index contributed by atoms with van der Waals surface area (Å²) in [4.78, 5) is 12.3. The van der Waals surface area contributed by atoms with Crippen molar-refractivity contribution in [2.24, 2.45) is 0 Å². The second-order valence-corrected chi connectivity index (χ2v) is 6.03. The fourth-order valence-corrected chi connectivity index (χ4v) is 3.38. The Kier molecular flexibility index (Phi) is 4.47. The van der Waals surface area contributed by atoms with E-state index in [4.69, 9.17) is 37.4 Å². The van der Waals surface area contributed by atoms with E-state index in [2.05, 4.69) is 5.32 Å². The molecule has 0 aliphatic carbocycles. The van der Waals surface area contributed by atoms with E-state index in [0.717, 1.165) is 0 Å². The van der Waals surface area contributed by atoms with Crippen LogP contribution in [0.25, 0.3) is 0 Å². The number of rotatable bonds is 3. The molecule has 0 aromatic heterocycles. The molecule has 120 valence electrons. The molecule has 0 bridgehead atoms. The van der Waals surface area contributed by atoms with Crippen molar-refractivity contribution >= 4 is 29.1 Å². The van der Waals surface area contributed by atoms with Crippen molar-refractivity contribution in [1.29, 1.82) is 0 Å². The molecule has 2 saturated heterocycles. The lowest BCUT2D eigenvalue weighted by atomic mass is 10.1. The van der Waals surface area contributed by atoms with Crippen LogP contribution in [0.4, 0.5) is 0 Å². The molecule has 0 radical (unpaired) electrons. The van der Waals surface area contributed by atoms with Crippen LogP contribution >= 0.6 is 23.2 Å². The molecule has 22 heavy (non-hydrogen) atoms. The number of hydrogen-bond donors (Lipinski definition) is 2. The number of benzene rings is 1. The van der Waals surface area contributed by atoms with Gasteiger partial charge in [-0.2, -0.15) is 0 Å². The minimum atomic E-state index is -0.656. The summed E-state index contributed by atoms with van der Waals surface area (Å²) >= 11 is 12.1. The van der Waals surface area contributed by atoms with E-state index in [0.29, 0.717) is 11.3 Å². The number of halogens is 2. The molecule has 2 aliphatic rings. The Bertz CT molecular complexity index is 574. The van der Waals surface area contributed by atoms with Crippen LogP contribution in [0.3, 0.4) is 0 Å². The van der Waals surface area contributed by atoms with Crippen LogP contribution in [-0.2, 0) is 9.47 Å². The van der Waals surface area contributed by atoms with Crippen molar-refractivity contribution in [3.63, 3.8) is 0 Å². The molecule has 2 aliphatic heterocycles.